The first-order chi connectivity index (χ1) is 12.0. The molecule has 0 bridgehead atoms. The van der Waals surface area contributed by atoms with Crippen molar-refractivity contribution >= 4 is 17.5 Å². The SMILES string of the molecule is COc1ccc(NC(=O)C(=O)NC2(c3ccccc3)CCC2)cc1F. The predicted octanol–water partition coefficient (Wildman–Crippen LogP) is 2.97. The molecule has 1 saturated carbocycles. The van der Waals surface area contributed by atoms with Gasteiger partial charge in [0.2, 0.25) is 0 Å². The quantitative estimate of drug-likeness (QED) is 0.840. The van der Waals surface area contributed by atoms with E-state index in [0.717, 1.165) is 30.9 Å². The van der Waals surface area contributed by atoms with Crippen LogP contribution in [-0.2, 0) is 15.1 Å². The van der Waals surface area contributed by atoms with Gasteiger partial charge >= 0.3 is 11.8 Å². The molecule has 3 rings (SSSR count). The first-order valence-corrected chi connectivity index (χ1v) is 8.07. The molecule has 6 heteroatoms. The molecule has 1 aliphatic rings. The zero-order valence-electron chi connectivity index (χ0n) is 13.8. The monoisotopic (exact) mass is 342 g/mol. The van der Waals surface area contributed by atoms with E-state index >= 15 is 0 Å². The van der Waals surface area contributed by atoms with Crippen LogP contribution in [0.15, 0.2) is 48.5 Å². The molecule has 2 N–H and O–H groups in total. The summed E-state index contributed by atoms with van der Waals surface area (Å²) >= 11 is 0. The Bertz CT molecular complexity index is 789. The first kappa shape index (κ1) is 17.0. The Morgan fingerprint density at radius 2 is 1.80 bits per heavy atom. The summed E-state index contributed by atoms with van der Waals surface area (Å²) in [4.78, 5) is 24.4. The molecule has 130 valence electrons. The molecule has 2 aromatic rings. The molecule has 0 spiro atoms. The molecular weight excluding hydrogens is 323 g/mol. The summed E-state index contributed by atoms with van der Waals surface area (Å²) in [6.45, 7) is 0. The molecule has 2 aromatic carbocycles. The van der Waals surface area contributed by atoms with Gasteiger partial charge in [-0.3, -0.25) is 9.59 Å². The number of hydrogen-bond acceptors (Lipinski definition) is 3. The number of halogens is 1. The highest BCUT2D eigenvalue weighted by molar-refractivity contribution is 6.39. The van der Waals surface area contributed by atoms with Crippen molar-refractivity contribution in [3.05, 3.63) is 59.9 Å². The topological polar surface area (TPSA) is 67.4 Å². The molecule has 0 atom stereocenters. The Balaban J connectivity index is 1.68. The van der Waals surface area contributed by atoms with Gasteiger partial charge in [0.25, 0.3) is 0 Å². The van der Waals surface area contributed by atoms with Crippen LogP contribution in [0.4, 0.5) is 10.1 Å². The number of rotatable bonds is 4. The molecule has 1 fully saturated rings. The van der Waals surface area contributed by atoms with Gasteiger partial charge in [-0.25, -0.2) is 4.39 Å². The number of carbonyl (C=O) groups is 2. The highest BCUT2D eigenvalue weighted by Gasteiger charge is 2.41. The highest BCUT2D eigenvalue weighted by atomic mass is 19.1. The van der Waals surface area contributed by atoms with E-state index in [1.807, 2.05) is 30.3 Å². The third kappa shape index (κ3) is 3.47. The molecule has 5 nitrogen and oxygen atoms in total. The number of hydrogen-bond donors (Lipinski definition) is 2. The third-order valence-corrected chi connectivity index (χ3v) is 4.50. The summed E-state index contributed by atoms with van der Waals surface area (Å²) in [6.07, 6.45) is 2.56. The van der Waals surface area contributed by atoms with Crippen LogP contribution in [-0.4, -0.2) is 18.9 Å². The van der Waals surface area contributed by atoms with Crippen molar-refractivity contribution in [1.29, 1.82) is 0 Å². The van der Waals surface area contributed by atoms with Gasteiger partial charge < -0.3 is 15.4 Å². The van der Waals surface area contributed by atoms with E-state index in [0.29, 0.717) is 0 Å². The summed E-state index contributed by atoms with van der Waals surface area (Å²) in [5, 5.41) is 5.24. The fourth-order valence-electron chi connectivity index (χ4n) is 2.98. The molecule has 0 unspecified atom stereocenters. The molecule has 2 amide bonds. The second kappa shape index (κ2) is 6.93. The maximum absolute atomic E-state index is 13.7. The first-order valence-electron chi connectivity index (χ1n) is 8.07. The van der Waals surface area contributed by atoms with E-state index in [-0.39, 0.29) is 11.4 Å². The van der Waals surface area contributed by atoms with Crippen molar-refractivity contribution in [2.45, 2.75) is 24.8 Å². The molecule has 0 radical (unpaired) electrons. The van der Waals surface area contributed by atoms with E-state index < -0.39 is 23.2 Å². The summed E-state index contributed by atoms with van der Waals surface area (Å²) in [6, 6.07) is 13.6. The van der Waals surface area contributed by atoms with Crippen molar-refractivity contribution < 1.29 is 18.7 Å². The number of anilines is 1. The Morgan fingerprint density at radius 1 is 1.08 bits per heavy atom. The lowest BCUT2D eigenvalue weighted by Gasteiger charge is -2.42. The lowest BCUT2D eigenvalue weighted by molar-refractivity contribution is -0.138. The van der Waals surface area contributed by atoms with Gasteiger partial charge in [-0.1, -0.05) is 30.3 Å². The smallest absolute Gasteiger partial charge is 0.313 e. The van der Waals surface area contributed by atoms with Crippen LogP contribution in [0.2, 0.25) is 0 Å². The average Bonchev–Trinajstić information content (AvgIpc) is 2.59. The standard InChI is InChI=1S/C19H19FN2O3/c1-25-16-9-8-14(12-15(16)20)21-17(23)18(24)22-19(10-5-11-19)13-6-3-2-4-7-13/h2-4,6-9,12H,5,10-11H2,1H3,(H,21,23)(H,22,24). The van der Waals surface area contributed by atoms with E-state index in [2.05, 4.69) is 10.6 Å². The normalized spacial score (nSPS) is 15.0. The van der Waals surface area contributed by atoms with Gasteiger partial charge in [0.05, 0.1) is 12.6 Å². The number of ether oxygens (including phenoxy) is 1. The zero-order valence-corrected chi connectivity index (χ0v) is 13.8. The van der Waals surface area contributed by atoms with Gasteiger partial charge in [-0.15, -0.1) is 0 Å². The van der Waals surface area contributed by atoms with Crippen LogP contribution in [0.3, 0.4) is 0 Å². The molecule has 0 aromatic heterocycles. The van der Waals surface area contributed by atoms with Crippen molar-refractivity contribution in [3.63, 3.8) is 0 Å². The average molecular weight is 342 g/mol. The van der Waals surface area contributed by atoms with Crippen molar-refractivity contribution in [2.75, 3.05) is 12.4 Å². The maximum atomic E-state index is 13.7. The van der Waals surface area contributed by atoms with Crippen molar-refractivity contribution in [1.82, 2.24) is 5.32 Å². The lowest BCUT2D eigenvalue weighted by Crippen LogP contribution is -2.53. The van der Waals surface area contributed by atoms with Crippen LogP contribution in [0, 0.1) is 5.82 Å². The lowest BCUT2D eigenvalue weighted by atomic mass is 9.72. The van der Waals surface area contributed by atoms with E-state index in [9.17, 15) is 14.0 Å². The van der Waals surface area contributed by atoms with Crippen LogP contribution in [0.25, 0.3) is 0 Å². The van der Waals surface area contributed by atoms with E-state index in [4.69, 9.17) is 4.74 Å². The van der Waals surface area contributed by atoms with Crippen LogP contribution >= 0.6 is 0 Å². The van der Waals surface area contributed by atoms with E-state index in [1.54, 1.807) is 0 Å². The molecule has 0 heterocycles. The fourth-order valence-corrected chi connectivity index (χ4v) is 2.98. The molecule has 1 aliphatic carbocycles. The van der Waals surface area contributed by atoms with Gasteiger partial charge in [0.15, 0.2) is 11.6 Å². The molecule has 0 aliphatic heterocycles. The highest BCUT2D eigenvalue weighted by Crippen LogP contribution is 2.41. The van der Waals surface area contributed by atoms with Crippen LogP contribution in [0.1, 0.15) is 24.8 Å². The summed E-state index contributed by atoms with van der Waals surface area (Å²) in [5.74, 6) is -2.10. The fraction of sp³-hybridized carbons (Fsp3) is 0.263. The number of amides is 2. The van der Waals surface area contributed by atoms with Crippen molar-refractivity contribution in [3.8, 4) is 5.75 Å². The number of nitrogens with one attached hydrogen (secondary N) is 2. The zero-order chi connectivity index (χ0) is 17.9. The minimum absolute atomic E-state index is 0.0694. The van der Waals surface area contributed by atoms with E-state index in [1.165, 1.54) is 19.2 Å². The summed E-state index contributed by atoms with van der Waals surface area (Å²) in [5.41, 5.74) is 0.680. The van der Waals surface area contributed by atoms with Gasteiger partial charge in [-0.05, 0) is 37.0 Å². The van der Waals surface area contributed by atoms with Crippen molar-refractivity contribution in [2.24, 2.45) is 0 Å². The molecule has 25 heavy (non-hydrogen) atoms. The second-order valence-corrected chi connectivity index (χ2v) is 6.06. The molecular formula is C19H19FN2O3. The van der Waals surface area contributed by atoms with Gasteiger partial charge in [0.1, 0.15) is 0 Å². The Morgan fingerprint density at radius 3 is 2.36 bits per heavy atom. The van der Waals surface area contributed by atoms with Crippen LogP contribution < -0.4 is 15.4 Å². The second-order valence-electron chi connectivity index (χ2n) is 6.06. The maximum Gasteiger partial charge on any atom is 0.313 e. The summed E-state index contributed by atoms with van der Waals surface area (Å²) < 4.78 is 18.5. The van der Waals surface area contributed by atoms with Gasteiger partial charge in [0, 0.05) is 11.8 Å². The Kier molecular flexibility index (Phi) is 4.70. The number of carbonyl (C=O) groups excluding carboxylic acids is 2. The Hall–Kier alpha value is -2.89. The van der Waals surface area contributed by atoms with Gasteiger partial charge in [-0.2, -0.15) is 0 Å². The predicted molar refractivity (Wildman–Crippen MR) is 91.7 cm³/mol. The minimum atomic E-state index is -0.827. The van der Waals surface area contributed by atoms with Crippen LogP contribution in [0.5, 0.6) is 5.75 Å². The number of methoxy groups -OCH3 is 1. The Labute approximate surface area is 145 Å². The largest absolute Gasteiger partial charge is 0.494 e. The third-order valence-electron chi connectivity index (χ3n) is 4.50. The minimum Gasteiger partial charge on any atom is -0.494 e. The number of benzene rings is 2. The molecule has 0 saturated heterocycles. The summed E-state index contributed by atoms with van der Waals surface area (Å²) in [7, 11) is 1.35.